The summed E-state index contributed by atoms with van der Waals surface area (Å²) in [5, 5.41) is 19.2. The first-order valence-corrected chi connectivity index (χ1v) is 5.27. The average molecular weight is 235 g/mol. The molecule has 1 aromatic carbocycles. The normalized spacial score (nSPS) is 12.7. The van der Waals surface area contributed by atoms with Crippen molar-refractivity contribution in [3.63, 3.8) is 0 Å². The van der Waals surface area contributed by atoms with Gasteiger partial charge in [0.1, 0.15) is 11.5 Å². The van der Waals surface area contributed by atoms with Crippen molar-refractivity contribution >= 4 is 0 Å². The number of nitriles is 1. The van der Waals surface area contributed by atoms with Crippen molar-refractivity contribution in [1.82, 2.24) is 0 Å². The van der Waals surface area contributed by atoms with Crippen molar-refractivity contribution < 1.29 is 14.6 Å². The lowest BCUT2D eigenvalue weighted by molar-refractivity contribution is 0.0863. The highest BCUT2D eigenvalue weighted by molar-refractivity contribution is 5.40. The Morgan fingerprint density at radius 1 is 1.18 bits per heavy atom. The maximum absolute atomic E-state index is 10.2. The minimum Gasteiger partial charge on any atom is -0.497 e. The molecule has 1 rings (SSSR count). The lowest BCUT2D eigenvalue weighted by Crippen LogP contribution is -2.19. The van der Waals surface area contributed by atoms with Gasteiger partial charge in [0, 0.05) is 6.07 Å². The van der Waals surface area contributed by atoms with Crippen LogP contribution in [0.1, 0.15) is 25.5 Å². The predicted octanol–water partition coefficient (Wildman–Crippen LogP) is 2.29. The fourth-order valence-corrected chi connectivity index (χ4v) is 1.47. The van der Waals surface area contributed by atoms with Crippen molar-refractivity contribution in [3.8, 4) is 17.6 Å². The summed E-state index contributed by atoms with van der Waals surface area (Å²) < 4.78 is 10.2. The Kier molecular flexibility index (Phi) is 3.97. The minimum atomic E-state index is -0.892. The SMILES string of the molecule is COc1cc(OC)cc(C(O)C(C)(C)C#N)c1. The number of hydrogen-bond acceptors (Lipinski definition) is 4. The quantitative estimate of drug-likeness (QED) is 0.869. The highest BCUT2D eigenvalue weighted by Crippen LogP contribution is 2.36. The molecule has 1 N–H and O–H groups in total. The molecule has 4 nitrogen and oxygen atoms in total. The van der Waals surface area contributed by atoms with Crippen molar-refractivity contribution in [2.45, 2.75) is 20.0 Å². The third-order valence-corrected chi connectivity index (χ3v) is 2.66. The first kappa shape index (κ1) is 13.3. The van der Waals surface area contributed by atoms with Crippen LogP contribution in [-0.4, -0.2) is 19.3 Å². The molecule has 1 aromatic rings. The highest BCUT2D eigenvalue weighted by atomic mass is 16.5. The lowest BCUT2D eigenvalue weighted by atomic mass is 9.84. The summed E-state index contributed by atoms with van der Waals surface area (Å²) in [6, 6.07) is 7.20. The molecule has 0 bridgehead atoms. The van der Waals surface area contributed by atoms with Crippen LogP contribution in [0.4, 0.5) is 0 Å². The Morgan fingerprint density at radius 2 is 1.65 bits per heavy atom. The molecule has 0 aliphatic heterocycles. The largest absolute Gasteiger partial charge is 0.497 e. The van der Waals surface area contributed by atoms with Crippen LogP contribution in [0.3, 0.4) is 0 Å². The van der Waals surface area contributed by atoms with E-state index in [1.807, 2.05) is 0 Å². The van der Waals surface area contributed by atoms with Gasteiger partial charge in [0.25, 0.3) is 0 Å². The van der Waals surface area contributed by atoms with Gasteiger partial charge in [0.15, 0.2) is 0 Å². The molecular weight excluding hydrogens is 218 g/mol. The van der Waals surface area contributed by atoms with E-state index in [4.69, 9.17) is 14.7 Å². The predicted molar refractivity (Wildman–Crippen MR) is 63.9 cm³/mol. The molecule has 0 radical (unpaired) electrons. The van der Waals surface area contributed by atoms with Gasteiger partial charge in [0.05, 0.1) is 31.8 Å². The maximum Gasteiger partial charge on any atom is 0.122 e. The highest BCUT2D eigenvalue weighted by Gasteiger charge is 2.29. The van der Waals surface area contributed by atoms with E-state index in [1.54, 1.807) is 46.3 Å². The molecule has 0 saturated heterocycles. The molecule has 1 unspecified atom stereocenters. The number of ether oxygens (including phenoxy) is 2. The van der Waals surface area contributed by atoms with Crippen LogP contribution in [-0.2, 0) is 0 Å². The van der Waals surface area contributed by atoms with Gasteiger partial charge in [-0.25, -0.2) is 0 Å². The molecule has 0 saturated carbocycles. The Labute approximate surface area is 101 Å². The third kappa shape index (κ3) is 2.89. The summed E-state index contributed by atoms with van der Waals surface area (Å²) in [6.07, 6.45) is -0.892. The van der Waals surface area contributed by atoms with E-state index in [-0.39, 0.29) is 0 Å². The molecule has 0 spiro atoms. The van der Waals surface area contributed by atoms with Crippen LogP contribution in [0.25, 0.3) is 0 Å². The number of nitrogens with zero attached hydrogens (tertiary/aromatic N) is 1. The third-order valence-electron chi connectivity index (χ3n) is 2.66. The summed E-state index contributed by atoms with van der Waals surface area (Å²) in [7, 11) is 3.08. The molecule has 0 aliphatic carbocycles. The second-order valence-electron chi connectivity index (χ2n) is 4.38. The van der Waals surface area contributed by atoms with E-state index < -0.39 is 11.5 Å². The van der Waals surface area contributed by atoms with Crippen LogP contribution < -0.4 is 9.47 Å². The van der Waals surface area contributed by atoms with Crippen molar-refractivity contribution in [2.75, 3.05) is 14.2 Å². The van der Waals surface area contributed by atoms with Gasteiger partial charge >= 0.3 is 0 Å². The number of aliphatic hydroxyl groups is 1. The molecule has 0 fully saturated rings. The molecule has 4 heteroatoms. The van der Waals surface area contributed by atoms with Crippen LogP contribution >= 0.6 is 0 Å². The Hall–Kier alpha value is -1.73. The van der Waals surface area contributed by atoms with Gasteiger partial charge in [-0.1, -0.05) is 0 Å². The summed E-state index contributed by atoms with van der Waals surface area (Å²) in [5.74, 6) is 1.18. The Bertz CT molecular complexity index is 413. The van der Waals surface area contributed by atoms with Crippen LogP contribution in [0.15, 0.2) is 18.2 Å². The monoisotopic (exact) mass is 235 g/mol. The van der Waals surface area contributed by atoms with Gasteiger partial charge in [-0.3, -0.25) is 0 Å². The molecule has 0 amide bonds. The summed E-state index contributed by atoms with van der Waals surface area (Å²) in [6.45, 7) is 3.37. The van der Waals surface area contributed by atoms with Crippen LogP contribution in [0.2, 0.25) is 0 Å². The molecule has 0 aliphatic rings. The number of benzene rings is 1. The number of rotatable bonds is 4. The zero-order valence-electron chi connectivity index (χ0n) is 10.5. The standard InChI is InChI=1S/C13H17NO3/c1-13(2,8-14)12(15)9-5-10(16-3)7-11(6-9)17-4/h5-7,12,15H,1-4H3. The summed E-state index contributed by atoms with van der Waals surface area (Å²) in [4.78, 5) is 0. The maximum atomic E-state index is 10.2. The van der Waals surface area contributed by atoms with Crippen molar-refractivity contribution in [2.24, 2.45) is 5.41 Å². The zero-order valence-corrected chi connectivity index (χ0v) is 10.5. The van der Waals surface area contributed by atoms with Gasteiger partial charge in [-0.05, 0) is 31.5 Å². The molecule has 1 atom stereocenters. The number of aliphatic hydroxyl groups excluding tert-OH is 1. The molecule has 0 heterocycles. The summed E-state index contributed by atoms with van der Waals surface area (Å²) in [5.41, 5.74) is -0.259. The smallest absolute Gasteiger partial charge is 0.122 e. The van der Waals surface area contributed by atoms with Crippen LogP contribution in [0, 0.1) is 16.7 Å². The van der Waals surface area contributed by atoms with Gasteiger partial charge in [-0.2, -0.15) is 5.26 Å². The van der Waals surface area contributed by atoms with Crippen LogP contribution in [0.5, 0.6) is 11.5 Å². The fraction of sp³-hybridized carbons (Fsp3) is 0.462. The topological polar surface area (TPSA) is 62.5 Å². The molecule has 0 aromatic heterocycles. The van der Waals surface area contributed by atoms with E-state index in [0.717, 1.165) is 0 Å². The Morgan fingerprint density at radius 3 is 2.00 bits per heavy atom. The van der Waals surface area contributed by atoms with E-state index in [9.17, 15) is 5.11 Å². The second-order valence-corrected chi connectivity index (χ2v) is 4.38. The van der Waals surface area contributed by atoms with Gasteiger partial charge < -0.3 is 14.6 Å². The first-order chi connectivity index (χ1) is 7.94. The average Bonchev–Trinajstić information content (AvgIpc) is 2.36. The second kappa shape index (κ2) is 5.07. The van der Waals surface area contributed by atoms with Crippen molar-refractivity contribution in [3.05, 3.63) is 23.8 Å². The van der Waals surface area contributed by atoms with E-state index in [2.05, 4.69) is 6.07 Å². The van der Waals surface area contributed by atoms with Gasteiger partial charge in [0.2, 0.25) is 0 Å². The Balaban J connectivity index is 3.18. The fourth-order valence-electron chi connectivity index (χ4n) is 1.47. The van der Waals surface area contributed by atoms with Gasteiger partial charge in [-0.15, -0.1) is 0 Å². The van der Waals surface area contributed by atoms with E-state index in [1.165, 1.54) is 0 Å². The number of hydrogen-bond donors (Lipinski definition) is 1. The summed E-state index contributed by atoms with van der Waals surface area (Å²) >= 11 is 0. The number of methoxy groups -OCH3 is 2. The van der Waals surface area contributed by atoms with E-state index in [0.29, 0.717) is 17.1 Å². The lowest BCUT2D eigenvalue weighted by Gasteiger charge is -2.24. The minimum absolute atomic E-state index is 0.590. The molecule has 17 heavy (non-hydrogen) atoms. The van der Waals surface area contributed by atoms with E-state index >= 15 is 0 Å². The molecular formula is C13H17NO3. The van der Waals surface area contributed by atoms with Crippen molar-refractivity contribution in [1.29, 1.82) is 5.26 Å². The zero-order chi connectivity index (χ0) is 13.1. The molecule has 92 valence electrons. The first-order valence-electron chi connectivity index (χ1n) is 5.27.